The number of carbonyl (C=O) groups excluding carboxylic acids is 1. The largest absolute Gasteiger partial charge is 0.345 e. The molecule has 0 aliphatic heterocycles. The maximum absolute atomic E-state index is 10.4. The van der Waals surface area contributed by atoms with Gasteiger partial charge in [0.25, 0.3) is 0 Å². The van der Waals surface area contributed by atoms with E-state index >= 15 is 0 Å². The van der Waals surface area contributed by atoms with Gasteiger partial charge < -0.3 is 10.3 Å². The highest BCUT2D eigenvalue weighted by atomic mass is 16.1. The van der Waals surface area contributed by atoms with E-state index in [4.69, 9.17) is 0 Å². The normalized spacial score (nSPS) is 8.42. The predicted molar refractivity (Wildman–Crippen MR) is 44.1 cm³/mol. The van der Waals surface area contributed by atoms with E-state index in [-0.39, 0.29) is 5.91 Å². The molecule has 4 nitrogen and oxygen atoms in total. The lowest BCUT2D eigenvalue weighted by molar-refractivity contribution is -0.118. The average Bonchev–Trinajstić information content (AvgIpc) is 2.49. The fourth-order valence-corrected chi connectivity index (χ4v) is 0.630. The molecule has 0 saturated carbocycles. The first-order valence-electron chi connectivity index (χ1n) is 3.52. The van der Waals surface area contributed by atoms with Crippen LogP contribution in [0.5, 0.6) is 0 Å². The van der Waals surface area contributed by atoms with Crippen LogP contribution in [-0.2, 0) is 4.79 Å². The fourth-order valence-electron chi connectivity index (χ4n) is 0.630. The number of aromatic amines is 1. The third-order valence-electron chi connectivity index (χ3n) is 1.13. The van der Waals surface area contributed by atoms with E-state index in [0.29, 0.717) is 12.4 Å². The molecule has 0 aliphatic carbocycles. The van der Waals surface area contributed by atoms with Gasteiger partial charge >= 0.3 is 0 Å². The molecule has 1 aromatic rings. The van der Waals surface area contributed by atoms with Gasteiger partial charge in [-0.15, -0.1) is 0 Å². The second-order valence-corrected chi connectivity index (χ2v) is 2.15. The summed E-state index contributed by atoms with van der Waals surface area (Å²) in [6.07, 6.45) is 3.32. The van der Waals surface area contributed by atoms with E-state index in [2.05, 4.69) is 27.1 Å². The number of H-pyrrole nitrogens is 1. The van der Waals surface area contributed by atoms with E-state index < -0.39 is 0 Å². The van der Waals surface area contributed by atoms with Gasteiger partial charge in [-0.25, -0.2) is 4.98 Å². The van der Waals surface area contributed by atoms with E-state index in [1.54, 1.807) is 12.4 Å². The molecule has 1 amide bonds. The molecule has 0 unspecified atom stereocenters. The monoisotopic (exact) mass is 163 g/mol. The topological polar surface area (TPSA) is 57.8 Å². The number of carbonyl (C=O) groups is 1. The number of nitrogens with zero attached hydrogens (tertiary/aromatic N) is 1. The molecule has 0 fully saturated rings. The zero-order chi connectivity index (χ0) is 8.81. The van der Waals surface area contributed by atoms with Gasteiger partial charge in [0.15, 0.2) is 5.82 Å². The van der Waals surface area contributed by atoms with Crippen LogP contribution in [0.1, 0.15) is 12.7 Å². The van der Waals surface area contributed by atoms with Crippen LogP contribution in [0, 0.1) is 11.8 Å². The van der Waals surface area contributed by atoms with Crippen molar-refractivity contribution in [1.82, 2.24) is 15.3 Å². The van der Waals surface area contributed by atoms with Crippen LogP contribution in [-0.4, -0.2) is 22.4 Å². The molecule has 1 heterocycles. The van der Waals surface area contributed by atoms with E-state index in [1.807, 2.05) is 0 Å². The fraction of sp³-hybridized carbons (Fsp3) is 0.250. The van der Waals surface area contributed by atoms with Crippen molar-refractivity contribution in [2.45, 2.75) is 6.92 Å². The molecule has 2 N–H and O–H groups in total. The standard InChI is InChI=1S/C8H9N3O/c1-7(12)9-4-2-3-8-10-5-6-11-8/h5-6H,4H2,1H3,(H,9,12)(H,10,11). The molecule has 4 heteroatoms. The zero-order valence-corrected chi connectivity index (χ0v) is 6.72. The summed E-state index contributed by atoms with van der Waals surface area (Å²) in [6.45, 7) is 1.81. The van der Waals surface area contributed by atoms with Crippen LogP contribution in [0.2, 0.25) is 0 Å². The van der Waals surface area contributed by atoms with Crippen molar-refractivity contribution in [2.24, 2.45) is 0 Å². The summed E-state index contributed by atoms with van der Waals surface area (Å²) >= 11 is 0. The highest BCUT2D eigenvalue weighted by molar-refractivity contribution is 5.73. The molecule has 1 rings (SSSR count). The third-order valence-corrected chi connectivity index (χ3v) is 1.13. The van der Waals surface area contributed by atoms with Crippen molar-refractivity contribution in [3.05, 3.63) is 18.2 Å². The number of amides is 1. The summed E-state index contributed by atoms with van der Waals surface area (Å²) < 4.78 is 0. The Hall–Kier alpha value is -1.76. The second-order valence-electron chi connectivity index (χ2n) is 2.15. The van der Waals surface area contributed by atoms with Gasteiger partial charge in [0.1, 0.15) is 0 Å². The first-order valence-corrected chi connectivity index (χ1v) is 3.52. The molecule has 0 spiro atoms. The molecule has 0 aromatic carbocycles. The maximum Gasteiger partial charge on any atom is 0.217 e. The molecule has 0 saturated heterocycles. The van der Waals surface area contributed by atoms with Gasteiger partial charge in [0, 0.05) is 19.3 Å². The average molecular weight is 163 g/mol. The number of imidazole rings is 1. The number of rotatable bonds is 1. The van der Waals surface area contributed by atoms with Gasteiger partial charge in [-0.3, -0.25) is 4.79 Å². The van der Waals surface area contributed by atoms with Gasteiger partial charge in [-0.05, 0) is 5.92 Å². The predicted octanol–water partition coefficient (Wildman–Crippen LogP) is -0.103. The smallest absolute Gasteiger partial charge is 0.217 e. The Balaban J connectivity index is 2.35. The van der Waals surface area contributed by atoms with Crippen LogP contribution in [0.15, 0.2) is 12.4 Å². The van der Waals surface area contributed by atoms with Crippen molar-refractivity contribution >= 4 is 5.91 Å². The lowest BCUT2D eigenvalue weighted by atomic mass is 10.5. The van der Waals surface area contributed by atoms with Crippen LogP contribution >= 0.6 is 0 Å². The van der Waals surface area contributed by atoms with E-state index in [9.17, 15) is 4.79 Å². The quantitative estimate of drug-likeness (QED) is 0.568. The molecular formula is C8H9N3O. The Labute approximate surface area is 70.4 Å². The summed E-state index contributed by atoms with van der Waals surface area (Å²) in [6, 6.07) is 0. The minimum Gasteiger partial charge on any atom is -0.345 e. The van der Waals surface area contributed by atoms with Crippen LogP contribution in [0.4, 0.5) is 0 Å². The Kier molecular flexibility index (Phi) is 2.91. The number of hydrogen-bond acceptors (Lipinski definition) is 2. The van der Waals surface area contributed by atoms with E-state index in [1.165, 1.54) is 6.92 Å². The minimum absolute atomic E-state index is 0.0799. The Morgan fingerprint density at radius 3 is 3.25 bits per heavy atom. The Morgan fingerprint density at radius 1 is 1.83 bits per heavy atom. The van der Waals surface area contributed by atoms with Crippen molar-refractivity contribution in [3.8, 4) is 11.8 Å². The van der Waals surface area contributed by atoms with Gasteiger partial charge in [0.05, 0.1) is 6.54 Å². The molecule has 0 atom stereocenters. The van der Waals surface area contributed by atoms with Crippen molar-refractivity contribution in [3.63, 3.8) is 0 Å². The van der Waals surface area contributed by atoms with Crippen molar-refractivity contribution in [1.29, 1.82) is 0 Å². The summed E-state index contributed by atoms with van der Waals surface area (Å²) in [5.41, 5.74) is 0. The highest BCUT2D eigenvalue weighted by Crippen LogP contribution is 1.81. The zero-order valence-electron chi connectivity index (χ0n) is 6.72. The Morgan fingerprint density at radius 2 is 2.67 bits per heavy atom. The van der Waals surface area contributed by atoms with Crippen LogP contribution < -0.4 is 5.32 Å². The maximum atomic E-state index is 10.4. The second kappa shape index (κ2) is 4.19. The molecule has 62 valence electrons. The van der Waals surface area contributed by atoms with Crippen LogP contribution in [0.25, 0.3) is 0 Å². The lowest BCUT2D eigenvalue weighted by Crippen LogP contribution is -2.19. The summed E-state index contributed by atoms with van der Waals surface area (Å²) in [4.78, 5) is 17.1. The van der Waals surface area contributed by atoms with Crippen molar-refractivity contribution < 1.29 is 4.79 Å². The molecule has 0 radical (unpaired) electrons. The molecule has 12 heavy (non-hydrogen) atoms. The number of aromatic nitrogens is 2. The van der Waals surface area contributed by atoms with Gasteiger partial charge in [-0.1, -0.05) is 5.92 Å². The summed E-state index contributed by atoms with van der Waals surface area (Å²) in [5.74, 6) is 6.02. The van der Waals surface area contributed by atoms with Gasteiger partial charge in [0.2, 0.25) is 5.91 Å². The summed E-state index contributed by atoms with van der Waals surface area (Å²) in [7, 11) is 0. The first-order chi connectivity index (χ1) is 5.79. The highest BCUT2D eigenvalue weighted by Gasteiger charge is 1.85. The minimum atomic E-state index is -0.0799. The molecular weight excluding hydrogens is 154 g/mol. The third kappa shape index (κ3) is 2.88. The molecule has 0 aliphatic rings. The molecule has 1 aromatic heterocycles. The summed E-state index contributed by atoms with van der Waals surface area (Å²) in [5, 5.41) is 2.55. The first kappa shape index (κ1) is 8.34. The molecule has 0 bridgehead atoms. The Bertz CT molecular complexity index is 305. The number of nitrogens with one attached hydrogen (secondary N) is 2. The lowest BCUT2D eigenvalue weighted by Gasteiger charge is -1.90. The van der Waals surface area contributed by atoms with E-state index in [0.717, 1.165) is 0 Å². The van der Waals surface area contributed by atoms with Crippen molar-refractivity contribution in [2.75, 3.05) is 6.54 Å². The van der Waals surface area contributed by atoms with Crippen LogP contribution in [0.3, 0.4) is 0 Å². The van der Waals surface area contributed by atoms with Gasteiger partial charge in [-0.2, -0.15) is 0 Å². The SMILES string of the molecule is CC(=O)NCC#Cc1ncc[nH]1. The number of hydrogen-bond donors (Lipinski definition) is 2.